The molecule has 0 spiro atoms. The highest BCUT2D eigenvalue weighted by molar-refractivity contribution is 6.42. The summed E-state index contributed by atoms with van der Waals surface area (Å²) in [6.07, 6.45) is 5.03. The molecule has 0 atom stereocenters. The first-order valence-corrected chi connectivity index (χ1v) is 7.84. The fourth-order valence-electron chi connectivity index (χ4n) is 2.18. The molecule has 2 amide bonds. The van der Waals surface area contributed by atoms with Crippen LogP contribution in [-0.2, 0) is 0 Å². The number of halogens is 2. The van der Waals surface area contributed by atoms with Gasteiger partial charge < -0.3 is 16.0 Å². The number of hydrogen-bond acceptors (Lipinski definition) is 5. The van der Waals surface area contributed by atoms with Crippen molar-refractivity contribution in [3.05, 3.63) is 46.7 Å². The maximum absolute atomic E-state index is 11.9. The molecule has 0 radical (unpaired) electrons. The van der Waals surface area contributed by atoms with Crippen LogP contribution in [0, 0.1) is 0 Å². The normalized spacial score (nSPS) is 13.6. The summed E-state index contributed by atoms with van der Waals surface area (Å²) < 4.78 is 0. The second-order valence-corrected chi connectivity index (χ2v) is 5.71. The third-order valence-electron chi connectivity index (χ3n) is 3.33. The van der Waals surface area contributed by atoms with Gasteiger partial charge in [-0.3, -0.25) is 4.90 Å². The third-order valence-corrected chi connectivity index (χ3v) is 4.07. The molecule has 0 fully saturated rings. The largest absolute Gasteiger partial charge is 0.371 e. The van der Waals surface area contributed by atoms with Gasteiger partial charge in [0.1, 0.15) is 5.69 Å². The zero-order valence-electron chi connectivity index (χ0n) is 12.7. The lowest BCUT2D eigenvalue weighted by Gasteiger charge is -2.25. The molecule has 124 valence electrons. The number of aromatic nitrogens is 2. The van der Waals surface area contributed by atoms with Crippen molar-refractivity contribution in [1.29, 1.82) is 0 Å². The van der Waals surface area contributed by atoms with E-state index < -0.39 is 0 Å². The van der Waals surface area contributed by atoms with Crippen LogP contribution >= 0.6 is 23.2 Å². The molecule has 0 unspecified atom stereocenters. The molecule has 0 aliphatic carbocycles. The van der Waals surface area contributed by atoms with Crippen LogP contribution in [0.1, 0.15) is 0 Å². The van der Waals surface area contributed by atoms with Crippen molar-refractivity contribution in [2.75, 3.05) is 29.1 Å². The lowest BCUT2D eigenvalue weighted by atomic mass is 10.3. The Balaban J connectivity index is 1.87. The van der Waals surface area contributed by atoms with Gasteiger partial charge in [0.15, 0.2) is 5.82 Å². The number of nitrogens with zero attached hydrogens (tertiary/aromatic N) is 3. The van der Waals surface area contributed by atoms with Gasteiger partial charge in [-0.25, -0.2) is 9.78 Å². The molecule has 0 saturated heterocycles. The standard InChI is InChI=1S/C15H14Cl2N6O/c1-18-13-12(23-6-2-5-19-15(23)24)8-20-14(22-13)21-9-3-4-10(16)11(17)7-9/h2-5,7-8H,6H2,1H3,(H,19,24)(H2,18,20,21,22). The molecule has 3 rings (SSSR count). The number of carbonyl (C=O) groups excluding carboxylic acids is 1. The molecule has 9 heteroatoms. The average Bonchev–Trinajstić information content (AvgIpc) is 2.59. The van der Waals surface area contributed by atoms with E-state index in [9.17, 15) is 4.79 Å². The summed E-state index contributed by atoms with van der Waals surface area (Å²) >= 11 is 11.9. The van der Waals surface area contributed by atoms with Crippen LogP contribution in [0.4, 0.5) is 27.9 Å². The second kappa shape index (κ2) is 6.94. The highest BCUT2D eigenvalue weighted by Gasteiger charge is 2.20. The minimum absolute atomic E-state index is 0.234. The van der Waals surface area contributed by atoms with Crippen molar-refractivity contribution >= 4 is 52.4 Å². The lowest BCUT2D eigenvalue weighted by molar-refractivity contribution is 0.249. The molecule has 1 aromatic heterocycles. The summed E-state index contributed by atoms with van der Waals surface area (Å²) in [6, 6.07) is 4.91. The van der Waals surface area contributed by atoms with Crippen molar-refractivity contribution < 1.29 is 4.79 Å². The minimum atomic E-state index is -0.234. The Kier molecular flexibility index (Phi) is 4.73. The third kappa shape index (κ3) is 3.37. The molecule has 0 bridgehead atoms. The van der Waals surface area contributed by atoms with Crippen LogP contribution in [0.15, 0.2) is 36.7 Å². The number of benzene rings is 1. The fourth-order valence-corrected chi connectivity index (χ4v) is 2.48. The van der Waals surface area contributed by atoms with E-state index in [1.807, 2.05) is 6.08 Å². The van der Waals surface area contributed by atoms with Crippen LogP contribution in [-0.4, -0.2) is 29.6 Å². The number of carbonyl (C=O) groups is 1. The second-order valence-electron chi connectivity index (χ2n) is 4.89. The number of hydrogen-bond donors (Lipinski definition) is 3. The molecule has 3 N–H and O–H groups in total. The van der Waals surface area contributed by atoms with E-state index in [2.05, 4.69) is 25.9 Å². The van der Waals surface area contributed by atoms with E-state index in [0.29, 0.717) is 39.7 Å². The van der Waals surface area contributed by atoms with Gasteiger partial charge in [0.2, 0.25) is 5.95 Å². The van der Waals surface area contributed by atoms with Gasteiger partial charge in [0.05, 0.1) is 16.2 Å². The smallest absolute Gasteiger partial charge is 0.326 e. The van der Waals surface area contributed by atoms with E-state index in [0.717, 1.165) is 0 Å². The summed E-state index contributed by atoms with van der Waals surface area (Å²) in [6.45, 7) is 0.448. The molecule has 24 heavy (non-hydrogen) atoms. The molecule has 1 aromatic carbocycles. The first-order chi connectivity index (χ1) is 11.6. The topological polar surface area (TPSA) is 82.2 Å². The van der Waals surface area contributed by atoms with E-state index in [1.165, 1.54) is 4.90 Å². The van der Waals surface area contributed by atoms with Crippen LogP contribution in [0.5, 0.6) is 0 Å². The molecule has 7 nitrogen and oxygen atoms in total. The number of anilines is 4. The highest BCUT2D eigenvalue weighted by Crippen LogP contribution is 2.28. The Morgan fingerprint density at radius 1 is 1.29 bits per heavy atom. The SMILES string of the molecule is CNc1nc(Nc2ccc(Cl)c(Cl)c2)ncc1N1CC=CNC1=O. The number of urea groups is 1. The highest BCUT2D eigenvalue weighted by atomic mass is 35.5. The predicted octanol–water partition coefficient (Wildman–Crippen LogP) is 3.61. The minimum Gasteiger partial charge on any atom is -0.371 e. The maximum atomic E-state index is 11.9. The van der Waals surface area contributed by atoms with Crippen LogP contribution in [0.2, 0.25) is 10.0 Å². The van der Waals surface area contributed by atoms with Gasteiger partial charge in [0.25, 0.3) is 0 Å². The molecule has 1 aliphatic heterocycles. The Morgan fingerprint density at radius 3 is 2.83 bits per heavy atom. The molecular weight excluding hydrogens is 351 g/mol. The Morgan fingerprint density at radius 2 is 2.12 bits per heavy atom. The van der Waals surface area contributed by atoms with Gasteiger partial charge in [-0.1, -0.05) is 23.2 Å². The first kappa shape index (κ1) is 16.4. The van der Waals surface area contributed by atoms with Gasteiger partial charge in [-0.05, 0) is 24.3 Å². The lowest BCUT2D eigenvalue weighted by Crippen LogP contribution is -2.41. The van der Waals surface area contributed by atoms with Crippen molar-refractivity contribution in [3.8, 4) is 0 Å². The van der Waals surface area contributed by atoms with E-state index in [4.69, 9.17) is 23.2 Å². The Bertz CT molecular complexity index is 811. The molecule has 0 saturated carbocycles. The Labute approximate surface area is 148 Å². The Hall–Kier alpha value is -2.51. The summed E-state index contributed by atoms with van der Waals surface area (Å²) in [7, 11) is 1.73. The van der Waals surface area contributed by atoms with Crippen LogP contribution in [0.25, 0.3) is 0 Å². The zero-order chi connectivity index (χ0) is 17.1. The average molecular weight is 365 g/mol. The summed E-state index contributed by atoms with van der Waals surface area (Å²) in [5, 5.41) is 9.56. The summed E-state index contributed by atoms with van der Waals surface area (Å²) in [4.78, 5) is 22.1. The van der Waals surface area contributed by atoms with E-state index >= 15 is 0 Å². The van der Waals surface area contributed by atoms with Gasteiger partial charge in [-0.2, -0.15) is 4.98 Å². The summed E-state index contributed by atoms with van der Waals surface area (Å²) in [5.74, 6) is 0.896. The van der Waals surface area contributed by atoms with Crippen LogP contribution in [0.3, 0.4) is 0 Å². The number of nitrogens with one attached hydrogen (secondary N) is 3. The first-order valence-electron chi connectivity index (χ1n) is 7.08. The molecule has 2 heterocycles. The van der Waals surface area contributed by atoms with Crippen molar-refractivity contribution in [1.82, 2.24) is 15.3 Å². The quantitative estimate of drug-likeness (QED) is 0.771. The van der Waals surface area contributed by atoms with Crippen molar-refractivity contribution in [3.63, 3.8) is 0 Å². The monoisotopic (exact) mass is 364 g/mol. The molecule has 1 aliphatic rings. The predicted molar refractivity (Wildman–Crippen MR) is 96.3 cm³/mol. The number of rotatable bonds is 4. The van der Waals surface area contributed by atoms with Crippen LogP contribution < -0.4 is 20.9 Å². The van der Waals surface area contributed by atoms with Gasteiger partial charge >= 0.3 is 6.03 Å². The molecular formula is C15H14Cl2N6O. The van der Waals surface area contributed by atoms with Gasteiger partial charge in [-0.15, -0.1) is 0 Å². The number of amides is 2. The van der Waals surface area contributed by atoms with Crippen molar-refractivity contribution in [2.45, 2.75) is 0 Å². The fraction of sp³-hybridized carbons (Fsp3) is 0.133. The zero-order valence-corrected chi connectivity index (χ0v) is 14.2. The molecule has 2 aromatic rings. The van der Waals surface area contributed by atoms with E-state index in [-0.39, 0.29) is 6.03 Å². The van der Waals surface area contributed by atoms with Gasteiger partial charge in [0, 0.05) is 25.5 Å². The maximum Gasteiger partial charge on any atom is 0.326 e. The van der Waals surface area contributed by atoms with E-state index in [1.54, 1.807) is 37.6 Å². The summed E-state index contributed by atoms with van der Waals surface area (Å²) in [5.41, 5.74) is 1.29. The van der Waals surface area contributed by atoms with Crippen molar-refractivity contribution in [2.24, 2.45) is 0 Å².